The first-order chi connectivity index (χ1) is 10.6. The van der Waals surface area contributed by atoms with Gasteiger partial charge in [0.05, 0.1) is 6.61 Å². The predicted molar refractivity (Wildman–Crippen MR) is 85.8 cm³/mol. The lowest BCUT2D eigenvalue weighted by atomic mass is 10.2. The quantitative estimate of drug-likeness (QED) is 0.515. The molecule has 1 rings (SSSR count). The molecule has 0 spiro atoms. The Bertz CT molecular complexity index is 511. The van der Waals surface area contributed by atoms with Crippen LogP contribution in [-0.2, 0) is 9.59 Å². The van der Waals surface area contributed by atoms with E-state index in [4.69, 9.17) is 9.84 Å². The molecule has 0 unspecified atom stereocenters. The summed E-state index contributed by atoms with van der Waals surface area (Å²) in [5.41, 5.74) is 0.847. The summed E-state index contributed by atoms with van der Waals surface area (Å²) < 4.78 is 5.69. The number of hydrogen-bond acceptors (Lipinski definition) is 3. The first kappa shape index (κ1) is 17.8. The van der Waals surface area contributed by atoms with Crippen molar-refractivity contribution in [1.29, 1.82) is 0 Å². The number of para-hydroxylation sites is 1. The van der Waals surface area contributed by atoms with Gasteiger partial charge in [0.1, 0.15) is 5.75 Å². The highest BCUT2D eigenvalue weighted by Gasteiger charge is 2.01. The maximum atomic E-state index is 11.6. The Morgan fingerprint density at radius 1 is 1.27 bits per heavy atom. The summed E-state index contributed by atoms with van der Waals surface area (Å²) >= 11 is 0. The van der Waals surface area contributed by atoms with E-state index in [9.17, 15) is 9.59 Å². The van der Waals surface area contributed by atoms with Crippen LogP contribution in [0.4, 0.5) is 0 Å². The normalized spacial score (nSPS) is 10.6. The van der Waals surface area contributed by atoms with Crippen LogP contribution in [0.3, 0.4) is 0 Å². The predicted octanol–water partition coefficient (Wildman–Crippen LogP) is 2.86. The van der Waals surface area contributed by atoms with Crippen LogP contribution in [0.2, 0.25) is 0 Å². The molecular formula is C17H23NO4. The van der Waals surface area contributed by atoms with Crippen LogP contribution in [0.5, 0.6) is 5.75 Å². The maximum absolute atomic E-state index is 11.6. The molecule has 0 aliphatic carbocycles. The molecule has 0 aliphatic rings. The van der Waals surface area contributed by atoms with Gasteiger partial charge in [0, 0.05) is 24.6 Å². The van der Waals surface area contributed by atoms with E-state index in [1.807, 2.05) is 24.3 Å². The number of amides is 1. The molecule has 0 radical (unpaired) electrons. The van der Waals surface area contributed by atoms with E-state index in [0.717, 1.165) is 24.2 Å². The number of benzene rings is 1. The van der Waals surface area contributed by atoms with E-state index < -0.39 is 5.97 Å². The SMILES string of the molecule is CCCCOc1ccccc1/C=C/C(=O)NCCCC(=O)O. The third-order valence-electron chi connectivity index (χ3n) is 2.96. The lowest BCUT2D eigenvalue weighted by Gasteiger charge is -2.08. The zero-order valence-electron chi connectivity index (χ0n) is 12.9. The zero-order chi connectivity index (χ0) is 16.2. The van der Waals surface area contributed by atoms with Crippen molar-refractivity contribution >= 4 is 18.0 Å². The Morgan fingerprint density at radius 3 is 2.77 bits per heavy atom. The second-order valence-electron chi connectivity index (χ2n) is 4.86. The average Bonchev–Trinajstić information content (AvgIpc) is 2.50. The molecule has 0 aromatic heterocycles. The molecule has 0 saturated carbocycles. The summed E-state index contributed by atoms with van der Waals surface area (Å²) in [5.74, 6) is -0.345. The van der Waals surface area contributed by atoms with Crippen LogP contribution in [0.25, 0.3) is 6.08 Å². The number of carboxylic acid groups (broad SMARTS) is 1. The van der Waals surface area contributed by atoms with Gasteiger partial charge in [0.25, 0.3) is 0 Å². The van der Waals surface area contributed by atoms with Crippen molar-refractivity contribution in [3.8, 4) is 5.75 Å². The third kappa shape index (κ3) is 7.47. The van der Waals surface area contributed by atoms with E-state index in [-0.39, 0.29) is 12.3 Å². The van der Waals surface area contributed by atoms with Crippen molar-refractivity contribution in [2.45, 2.75) is 32.6 Å². The fraction of sp³-hybridized carbons (Fsp3) is 0.412. The Kier molecular flexibility index (Phi) is 8.42. The number of unbranched alkanes of at least 4 members (excludes halogenated alkanes) is 1. The van der Waals surface area contributed by atoms with Gasteiger partial charge < -0.3 is 15.2 Å². The van der Waals surface area contributed by atoms with Crippen molar-refractivity contribution in [3.05, 3.63) is 35.9 Å². The number of hydrogen-bond donors (Lipinski definition) is 2. The Morgan fingerprint density at radius 2 is 2.05 bits per heavy atom. The van der Waals surface area contributed by atoms with Crippen LogP contribution in [-0.4, -0.2) is 30.1 Å². The number of aliphatic carboxylic acids is 1. The zero-order valence-corrected chi connectivity index (χ0v) is 12.9. The lowest BCUT2D eigenvalue weighted by Crippen LogP contribution is -2.22. The van der Waals surface area contributed by atoms with Crippen molar-refractivity contribution in [2.75, 3.05) is 13.2 Å². The monoisotopic (exact) mass is 305 g/mol. The first-order valence-electron chi connectivity index (χ1n) is 7.53. The van der Waals surface area contributed by atoms with E-state index in [2.05, 4.69) is 12.2 Å². The number of nitrogens with one attached hydrogen (secondary N) is 1. The minimum absolute atomic E-state index is 0.0537. The molecule has 1 amide bonds. The summed E-state index contributed by atoms with van der Waals surface area (Å²) in [7, 11) is 0. The molecule has 0 heterocycles. The van der Waals surface area contributed by atoms with Gasteiger partial charge in [0.15, 0.2) is 0 Å². The molecule has 0 bridgehead atoms. The van der Waals surface area contributed by atoms with Crippen LogP contribution in [0.15, 0.2) is 30.3 Å². The summed E-state index contributed by atoms with van der Waals surface area (Å²) in [4.78, 5) is 22.0. The van der Waals surface area contributed by atoms with E-state index in [0.29, 0.717) is 19.6 Å². The van der Waals surface area contributed by atoms with Crippen LogP contribution in [0, 0.1) is 0 Å². The summed E-state index contributed by atoms with van der Waals surface area (Å²) in [6, 6.07) is 7.54. The molecule has 120 valence electrons. The largest absolute Gasteiger partial charge is 0.493 e. The van der Waals surface area contributed by atoms with Gasteiger partial charge >= 0.3 is 5.97 Å². The van der Waals surface area contributed by atoms with E-state index in [1.54, 1.807) is 6.08 Å². The molecule has 0 fully saturated rings. The smallest absolute Gasteiger partial charge is 0.303 e. The minimum Gasteiger partial charge on any atom is -0.493 e. The second-order valence-corrected chi connectivity index (χ2v) is 4.86. The van der Waals surface area contributed by atoms with Gasteiger partial charge in [-0.15, -0.1) is 0 Å². The molecule has 0 saturated heterocycles. The number of carboxylic acids is 1. The minimum atomic E-state index is -0.858. The molecule has 2 N–H and O–H groups in total. The Balaban J connectivity index is 2.47. The van der Waals surface area contributed by atoms with Gasteiger partial charge in [0.2, 0.25) is 5.91 Å². The van der Waals surface area contributed by atoms with Crippen molar-refractivity contribution in [3.63, 3.8) is 0 Å². The molecule has 5 heteroatoms. The fourth-order valence-electron chi connectivity index (χ4n) is 1.75. The van der Waals surface area contributed by atoms with Gasteiger partial charge in [-0.2, -0.15) is 0 Å². The Hall–Kier alpha value is -2.30. The van der Waals surface area contributed by atoms with Crippen LogP contribution >= 0.6 is 0 Å². The number of rotatable bonds is 10. The molecule has 1 aromatic rings. The standard InChI is InChI=1S/C17H23NO4/c1-2-3-13-22-15-8-5-4-7-14(15)10-11-16(19)18-12-6-9-17(20)21/h4-5,7-8,10-11H,2-3,6,9,12-13H2,1H3,(H,18,19)(H,20,21)/b11-10+. The first-order valence-corrected chi connectivity index (χ1v) is 7.53. The molecule has 0 aliphatic heterocycles. The summed E-state index contributed by atoms with van der Waals surface area (Å²) in [6.07, 6.45) is 5.67. The molecule has 5 nitrogen and oxygen atoms in total. The fourth-order valence-corrected chi connectivity index (χ4v) is 1.75. The number of carbonyl (C=O) groups is 2. The highest BCUT2D eigenvalue weighted by atomic mass is 16.5. The van der Waals surface area contributed by atoms with Gasteiger partial charge in [-0.25, -0.2) is 0 Å². The van der Waals surface area contributed by atoms with Crippen LogP contribution < -0.4 is 10.1 Å². The highest BCUT2D eigenvalue weighted by Crippen LogP contribution is 2.19. The van der Waals surface area contributed by atoms with Crippen molar-refractivity contribution < 1.29 is 19.4 Å². The molecule has 22 heavy (non-hydrogen) atoms. The van der Waals surface area contributed by atoms with Gasteiger partial charge in [-0.1, -0.05) is 31.5 Å². The topological polar surface area (TPSA) is 75.6 Å². The summed E-state index contributed by atoms with van der Waals surface area (Å²) in [5, 5.41) is 11.2. The Labute approximate surface area is 131 Å². The van der Waals surface area contributed by atoms with Gasteiger partial charge in [-0.3, -0.25) is 9.59 Å². The second kappa shape index (κ2) is 10.4. The molecule has 0 atom stereocenters. The summed E-state index contributed by atoms with van der Waals surface area (Å²) in [6.45, 7) is 3.11. The number of ether oxygens (including phenoxy) is 1. The lowest BCUT2D eigenvalue weighted by molar-refractivity contribution is -0.137. The van der Waals surface area contributed by atoms with Crippen molar-refractivity contribution in [2.24, 2.45) is 0 Å². The highest BCUT2D eigenvalue weighted by molar-refractivity contribution is 5.92. The average molecular weight is 305 g/mol. The van der Waals surface area contributed by atoms with E-state index in [1.165, 1.54) is 6.08 Å². The van der Waals surface area contributed by atoms with Gasteiger partial charge in [-0.05, 0) is 25.0 Å². The molecule has 1 aromatic carbocycles. The number of carbonyl (C=O) groups excluding carboxylic acids is 1. The van der Waals surface area contributed by atoms with Crippen LogP contribution in [0.1, 0.15) is 38.2 Å². The third-order valence-corrected chi connectivity index (χ3v) is 2.96. The molecular weight excluding hydrogens is 282 g/mol. The van der Waals surface area contributed by atoms with Crippen molar-refractivity contribution in [1.82, 2.24) is 5.32 Å². The maximum Gasteiger partial charge on any atom is 0.303 e. The van der Waals surface area contributed by atoms with E-state index >= 15 is 0 Å².